The van der Waals surface area contributed by atoms with Crippen LogP contribution in [0.3, 0.4) is 0 Å². The Kier molecular flexibility index (Phi) is 6.83. The maximum atomic E-state index is 11.2. The Hall–Kier alpha value is -2.81. The first kappa shape index (κ1) is 22.4. The molecule has 0 saturated carbocycles. The number of hydrogen-bond acceptors (Lipinski definition) is 3. The number of aromatic hydroxyl groups is 1. The predicted octanol–water partition coefficient (Wildman–Crippen LogP) is 5.67. The van der Waals surface area contributed by atoms with Crippen LogP contribution in [0, 0.1) is 0 Å². The highest BCUT2D eigenvalue weighted by molar-refractivity contribution is 9.10. The molecule has 0 bridgehead atoms. The van der Waals surface area contributed by atoms with E-state index in [1.807, 2.05) is 24.3 Å². The molecule has 0 unspecified atom stereocenters. The van der Waals surface area contributed by atoms with Crippen molar-refractivity contribution >= 4 is 39.1 Å². The number of hydrogen-bond donors (Lipinski definition) is 1. The lowest BCUT2D eigenvalue weighted by atomic mass is 10.2. The third kappa shape index (κ3) is 4.01. The molecule has 0 aliphatic heterocycles. The monoisotopic (exact) mass is 507 g/mol. The highest BCUT2D eigenvalue weighted by atomic mass is 79.9. The summed E-state index contributed by atoms with van der Waals surface area (Å²) in [6.45, 7) is 0. The Morgan fingerprint density at radius 2 is 1.16 bits per heavy atom. The number of rotatable bonds is 7. The number of phenolic OH excluding ortho intramolecular Hbond substituents is 1. The molecule has 0 amide bonds. The second-order valence-corrected chi connectivity index (χ2v) is 11.7. The minimum atomic E-state index is -2.15. The zero-order chi connectivity index (χ0) is 22.6. The van der Waals surface area contributed by atoms with E-state index in [2.05, 4.69) is 88.7 Å². The van der Waals surface area contributed by atoms with Crippen molar-refractivity contribution in [3.8, 4) is 17.2 Å². The fourth-order valence-corrected chi connectivity index (χ4v) is 8.98. The molecule has 4 aromatic carbocycles. The molecule has 0 radical (unpaired) electrons. The van der Waals surface area contributed by atoms with Crippen molar-refractivity contribution in [1.29, 1.82) is 0 Å². The van der Waals surface area contributed by atoms with Crippen molar-refractivity contribution in [2.75, 3.05) is 14.2 Å². The molecule has 3 nitrogen and oxygen atoms in total. The lowest BCUT2D eigenvalue weighted by molar-refractivity contribution is 0.348. The van der Waals surface area contributed by atoms with Crippen molar-refractivity contribution in [1.82, 2.24) is 0 Å². The van der Waals surface area contributed by atoms with Crippen LogP contribution in [0.5, 0.6) is 17.2 Å². The predicted molar refractivity (Wildman–Crippen MR) is 138 cm³/mol. The SMILES string of the molecule is COc1cc(C[P+](c2ccccc2)(c2ccccc2)c2ccccc2)c(O)c(Br)c1OC. The van der Waals surface area contributed by atoms with Crippen molar-refractivity contribution in [2.24, 2.45) is 0 Å². The fourth-order valence-electron chi connectivity index (χ4n) is 4.14. The number of ether oxygens (including phenoxy) is 2. The van der Waals surface area contributed by atoms with Gasteiger partial charge in [0.1, 0.15) is 39.6 Å². The molecule has 4 rings (SSSR count). The average molecular weight is 508 g/mol. The molecule has 4 aromatic rings. The molecule has 0 atom stereocenters. The van der Waals surface area contributed by atoms with E-state index in [-0.39, 0.29) is 5.75 Å². The quantitative estimate of drug-likeness (QED) is 0.327. The molecule has 0 aliphatic carbocycles. The standard InChI is InChI=1S/C27H24BrO3P/c1-30-24-18-20(26(29)25(28)27(24)31-2)19-32(21-12-6-3-7-13-21,22-14-8-4-9-15-22)23-16-10-5-11-17-23/h3-18H,19H2,1-2H3/p+1. The summed E-state index contributed by atoms with van der Waals surface area (Å²) in [6.07, 6.45) is 0.635. The number of halogens is 1. The van der Waals surface area contributed by atoms with Crippen LogP contribution in [0.4, 0.5) is 0 Å². The van der Waals surface area contributed by atoms with Crippen LogP contribution in [0.1, 0.15) is 5.56 Å². The van der Waals surface area contributed by atoms with Crippen molar-refractivity contribution in [3.05, 3.63) is 107 Å². The van der Waals surface area contributed by atoms with Crippen LogP contribution in [-0.2, 0) is 6.16 Å². The highest BCUT2D eigenvalue weighted by Crippen LogP contribution is 2.60. The largest absolute Gasteiger partial charge is 0.506 e. The van der Waals surface area contributed by atoms with E-state index in [4.69, 9.17) is 9.47 Å². The summed E-state index contributed by atoms with van der Waals surface area (Å²) < 4.78 is 11.6. The lowest BCUT2D eigenvalue weighted by Gasteiger charge is -2.28. The van der Waals surface area contributed by atoms with Gasteiger partial charge in [-0.3, -0.25) is 0 Å². The molecular formula is C27H25BrO3P+. The van der Waals surface area contributed by atoms with Gasteiger partial charge in [-0.05, 0) is 58.4 Å². The minimum Gasteiger partial charge on any atom is -0.506 e. The van der Waals surface area contributed by atoms with E-state index >= 15 is 0 Å². The molecule has 0 aliphatic rings. The Morgan fingerprint density at radius 1 is 0.719 bits per heavy atom. The van der Waals surface area contributed by atoms with Gasteiger partial charge in [0.15, 0.2) is 11.5 Å². The van der Waals surface area contributed by atoms with Gasteiger partial charge in [-0.15, -0.1) is 0 Å². The van der Waals surface area contributed by atoms with E-state index < -0.39 is 7.26 Å². The maximum absolute atomic E-state index is 11.2. The second kappa shape index (κ2) is 9.77. The Morgan fingerprint density at radius 3 is 1.53 bits per heavy atom. The van der Waals surface area contributed by atoms with Crippen molar-refractivity contribution in [3.63, 3.8) is 0 Å². The normalized spacial score (nSPS) is 11.2. The van der Waals surface area contributed by atoms with Gasteiger partial charge in [-0.1, -0.05) is 54.6 Å². The lowest BCUT2D eigenvalue weighted by Crippen LogP contribution is -2.32. The molecular weight excluding hydrogens is 483 g/mol. The average Bonchev–Trinajstić information content (AvgIpc) is 2.86. The molecule has 0 spiro atoms. The summed E-state index contributed by atoms with van der Waals surface area (Å²) in [5.41, 5.74) is 0.805. The van der Waals surface area contributed by atoms with Crippen LogP contribution in [-0.4, -0.2) is 19.3 Å². The summed E-state index contributed by atoms with van der Waals surface area (Å²) in [5, 5.41) is 14.9. The maximum Gasteiger partial charge on any atom is 0.178 e. The Labute approximate surface area is 198 Å². The van der Waals surface area contributed by atoms with E-state index in [1.165, 1.54) is 15.9 Å². The van der Waals surface area contributed by atoms with E-state index in [1.54, 1.807) is 14.2 Å². The first-order valence-electron chi connectivity index (χ1n) is 10.3. The molecule has 5 heteroatoms. The Bertz CT molecular complexity index is 1090. The highest BCUT2D eigenvalue weighted by Gasteiger charge is 2.46. The first-order valence-corrected chi connectivity index (χ1v) is 13.1. The topological polar surface area (TPSA) is 38.7 Å². The van der Waals surface area contributed by atoms with Crippen molar-refractivity contribution < 1.29 is 14.6 Å². The number of phenols is 1. The van der Waals surface area contributed by atoms with E-state index in [0.717, 1.165) is 5.56 Å². The summed E-state index contributed by atoms with van der Waals surface area (Å²) in [7, 11) is 1.02. The molecule has 0 heterocycles. The fraction of sp³-hybridized carbons (Fsp3) is 0.111. The second-order valence-electron chi connectivity index (χ2n) is 7.41. The zero-order valence-corrected chi connectivity index (χ0v) is 20.5. The first-order chi connectivity index (χ1) is 15.6. The number of benzene rings is 4. The molecule has 0 fully saturated rings. The summed E-state index contributed by atoms with van der Waals surface area (Å²) in [6, 6.07) is 33.7. The van der Waals surface area contributed by atoms with Gasteiger partial charge in [0.25, 0.3) is 0 Å². The van der Waals surface area contributed by atoms with Crippen LogP contribution < -0.4 is 25.4 Å². The molecule has 0 aromatic heterocycles. The zero-order valence-electron chi connectivity index (χ0n) is 18.0. The smallest absolute Gasteiger partial charge is 0.178 e. The summed E-state index contributed by atoms with van der Waals surface area (Å²) in [5.74, 6) is 1.24. The van der Waals surface area contributed by atoms with Gasteiger partial charge in [0, 0.05) is 5.56 Å². The molecule has 32 heavy (non-hydrogen) atoms. The van der Waals surface area contributed by atoms with Gasteiger partial charge in [-0.25, -0.2) is 0 Å². The molecule has 0 saturated heterocycles. The van der Waals surface area contributed by atoms with Crippen molar-refractivity contribution in [2.45, 2.75) is 6.16 Å². The summed E-state index contributed by atoms with van der Waals surface area (Å²) in [4.78, 5) is 0. The van der Waals surface area contributed by atoms with Crippen LogP contribution >= 0.6 is 23.2 Å². The van der Waals surface area contributed by atoms with Gasteiger partial charge >= 0.3 is 0 Å². The van der Waals surface area contributed by atoms with Gasteiger partial charge in [0.05, 0.1) is 14.2 Å². The van der Waals surface area contributed by atoms with Crippen LogP contribution in [0.15, 0.2) is 102 Å². The summed E-state index contributed by atoms with van der Waals surface area (Å²) >= 11 is 3.52. The Balaban J connectivity index is 2.03. The van der Waals surface area contributed by atoms with Gasteiger partial charge in [-0.2, -0.15) is 0 Å². The van der Waals surface area contributed by atoms with Gasteiger partial charge in [0.2, 0.25) is 0 Å². The van der Waals surface area contributed by atoms with Gasteiger partial charge < -0.3 is 14.6 Å². The minimum absolute atomic E-state index is 0.176. The third-order valence-electron chi connectivity index (χ3n) is 5.66. The molecule has 162 valence electrons. The van der Waals surface area contributed by atoms with Crippen LogP contribution in [0.2, 0.25) is 0 Å². The molecule has 1 N–H and O–H groups in total. The third-order valence-corrected chi connectivity index (χ3v) is 10.8. The van der Waals surface area contributed by atoms with E-state index in [0.29, 0.717) is 22.1 Å². The van der Waals surface area contributed by atoms with Crippen LogP contribution in [0.25, 0.3) is 0 Å². The number of methoxy groups -OCH3 is 2. The van der Waals surface area contributed by atoms with E-state index in [9.17, 15) is 5.11 Å².